The number of aliphatic carboxylic acids is 2. The summed E-state index contributed by atoms with van der Waals surface area (Å²) >= 11 is -1.47. The molecule has 0 radical (unpaired) electrons. The second kappa shape index (κ2) is 17.1. The van der Waals surface area contributed by atoms with Gasteiger partial charge in [-0.2, -0.15) is 0 Å². The number of Topliss-reactive ketones (excluding diaryl/α,β-unsaturated/α-hetero) is 1. The molecule has 11 heteroatoms. The van der Waals surface area contributed by atoms with Crippen LogP contribution in [0.15, 0.2) is 60.7 Å². The van der Waals surface area contributed by atoms with Crippen LogP contribution in [0.2, 0.25) is 0 Å². The molecule has 2 rings (SSSR count). The maximum Gasteiger partial charge on any atom is 0.310 e. The van der Waals surface area contributed by atoms with Gasteiger partial charge in [0.15, 0.2) is 12.4 Å². The summed E-state index contributed by atoms with van der Waals surface area (Å²) in [6.45, 7) is 0.761. The highest BCUT2D eigenvalue weighted by atomic mass is 32.2. The Hall–Kier alpha value is -3.70. The molecule has 2 aromatic rings. The van der Waals surface area contributed by atoms with Crippen LogP contribution < -0.4 is 5.32 Å². The Morgan fingerprint density at radius 1 is 0.900 bits per heavy atom. The van der Waals surface area contributed by atoms with Crippen molar-refractivity contribution in [3.8, 4) is 0 Å². The third-order valence-electron chi connectivity index (χ3n) is 6.07. The SMILES string of the molecule is CC(C[S+]([O-])CCCC(=O)O)C(=O)NC(CC(=O)O)C(=O)COC(=O)C(Cc1ccccc1)Cc1ccccc1. The third kappa shape index (κ3) is 12.4. The van der Waals surface area contributed by atoms with E-state index in [-0.39, 0.29) is 24.3 Å². The van der Waals surface area contributed by atoms with Crippen LogP contribution in [0.1, 0.15) is 37.3 Å². The molecular weight excluding hydrogens is 538 g/mol. The smallest absolute Gasteiger partial charge is 0.310 e. The largest absolute Gasteiger partial charge is 0.616 e. The van der Waals surface area contributed by atoms with Crippen LogP contribution in [-0.2, 0) is 52.7 Å². The number of amides is 1. The van der Waals surface area contributed by atoms with Gasteiger partial charge in [-0.3, -0.25) is 24.0 Å². The molecular formula is C29H35NO9S. The number of benzene rings is 2. The van der Waals surface area contributed by atoms with Crippen molar-refractivity contribution in [1.29, 1.82) is 0 Å². The van der Waals surface area contributed by atoms with E-state index in [2.05, 4.69) is 5.32 Å². The molecule has 0 aromatic heterocycles. The molecule has 0 aliphatic rings. The normalized spacial score (nSPS) is 13.2. The lowest BCUT2D eigenvalue weighted by Crippen LogP contribution is -2.47. The number of hydrogen-bond acceptors (Lipinski definition) is 7. The van der Waals surface area contributed by atoms with Gasteiger partial charge in [-0.05, 0) is 30.9 Å². The summed E-state index contributed by atoms with van der Waals surface area (Å²) in [4.78, 5) is 60.5. The number of carboxylic acids is 2. The second-order valence-corrected chi connectivity index (χ2v) is 11.1. The number of carbonyl (C=O) groups excluding carboxylic acids is 3. The Kier molecular flexibility index (Phi) is 13.9. The van der Waals surface area contributed by atoms with E-state index in [9.17, 15) is 33.6 Å². The van der Waals surface area contributed by atoms with Crippen LogP contribution in [0.3, 0.4) is 0 Å². The number of esters is 1. The summed E-state index contributed by atoms with van der Waals surface area (Å²) < 4.78 is 17.5. The van der Waals surface area contributed by atoms with Crippen LogP contribution in [0, 0.1) is 11.8 Å². The molecule has 0 saturated carbocycles. The molecule has 3 N–H and O–H groups in total. The highest BCUT2D eigenvalue weighted by Gasteiger charge is 2.29. The lowest BCUT2D eigenvalue weighted by atomic mass is 9.92. The zero-order valence-electron chi connectivity index (χ0n) is 22.3. The highest BCUT2D eigenvalue weighted by molar-refractivity contribution is 7.91. The van der Waals surface area contributed by atoms with Crippen LogP contribution >= 0.6 is 0 Å². The van der Waals surface area contributed by atoms with E-state index in [1.807, 2.05) is 60.7 Å². The Morgan fingerprint density at radius 2 is 1.45 bits per heavy atom. The minimum Gasteiger partial charge on any atom is -0.616 e. The Bertz CT molecular complexity index is 1090. The van der Waals surface area contributed by atoms with E-state index in [4.69, 9.17) is 9.84 Å². The fraction of sp³-hybridized carbons (Fsp3) is 0.414. The summed E-state index contributed by atoms with van der Waals surface area (Å²) in [6.07, 6.45) is 0.0848. The Morgan fingerprint density at radius 3 is 1.95 bits per heavy atom. The summed E-state index contributed by atoms with van der Waals surface area (Å²) in [5, 5.41) is 20.3. The topological polar surface area (TPSA) is 170 Å². The first kappa shape index (κ1) is 32.5. The average molecular weight is 574 g/mol. The van der Waals surface area contributed by atoms with Gasteiger partial charge in [-0.15, -0.1) is 0 Å². The number of hydrogen-bond donors (Lipinski definition) is 3. The molecule has 1 amide bonds. The van der Waals surface area contributed by atoms with Gasteiger partial charge in [0, 0.05) is 12.8 Å². The molecule has 2 aromatic carbocycles. The van der Waals surface area contributed by atoms with Crippen molar-refractivity contribution >= 4 is 40.8 Å². The van der Waals surface area contributed by atoms with E-state index >= 15 is 0 Å². The van der Waals surface area contributed by atoms with Gasteiger partial charge < -0.3 is 24.8 Å². The monoisotopic (exact) mass is 573 g/mol. The minimum absolute atomic E-state index is 0.0743. The molecule has 0 spiro atoms. The predicted molar refractivity (Wildman–Crippen MR) is 148 cm³/mol. The van der Waals surface area contributed by atoms with Gasteiger partial charge in [0.2, 0.25) is 5.91 Å². The third-order valence-corrected chi connectivity index (χ3v) is 7.69. The minimum atomic E-state index is -1.47. The fourth-order valence-corrected chi connectivity index (χ4v) is 5.29. The number of ether oxygens (including phenoxy) is 1. The molecule has 40 heavy (non-hydrogen) atoms. The first-order valence-electron chi connectivity index (χ1n) is 12.9. The molecule has 216 valence electrons. The summed E-state index contributed by atoms with van der Waals surface area (Å²) in [6, 6.07) is 17.2. The van der Waals surface area contributed by atoms with E-state index in [1.54, 1.807) is 0 Å². The van der Waals surface area contributed by atoms with Gasteiger partial charge in [0.05, 0.1) is 18.3 Å². The number of nitrogens with one attached hydrogen (secondary N) is 1. The molecule has 3 atom stereocenters. The molecule has 0 fully saturated rings. The number of carboxylic acid groups (broad SMARTS) is 2. The van der Waals surface area contributed by atoms with Crippen molar-refractivity contribution in [2.75, 3.05) is 18.1 Å². The molecule has 0 bridgehead atoms. The van der Waals surface area contributed by atoms with Gasteiger partial charge in [0.1, 0.15) is 17.5 Å². The quantitative estimate of drug-likeness (QED) is 0.179. The van der Waals surface area contributed by atoms with Crippen molar-refractivity contribution < 1.29 is 43.5 Å². The van der Waals surface area contributed by atoms with E-state index in [0.717, 1.165) is 11.1 Å². The number of ketones is 1. The van der Waals surface area contributed by atoms with Crippen molar-refractivity contribution in [2.45, 2.75) is 45.1 Å². The van der Waals surface area contributed by atoms with Gasteiger partial charge in [-0.25, -0.2) is 0 Å². The van der Waals surface area contributed by atoms with Crippen molar-refractivity contribution in [3.63, 3.8) is 0 Å². The zero-order chi connectivity index (χ0) is 29.5. The van der Waals surface area contributed by atoms with E-state index in [1.165, 1.54) is 6.92 Å². The molecule has 0 heterocycles. The lowest BCUT2D eigenvalue weighted by Gasteiger charge is -2.21. The van der Waals surface area contributed by atoms with Crippen LogP contribution in [0.25, 0.3) is 0 Å². The molecule has 0 saturated heterocycles. The first-order chi connectivity index (χ1) is 19.0. The van der Waals surface area contributed by atoms with Crippen molar-refractivity contribution in [3.05, 3.63) is 71.8 Å². The highest BCUT2D eigenvalue weighted by Crippen LogP contribution is 2.17. The van der Waals surface area contributed by atoms with Gasteiger partial charge in [0.25, 0.3) is 0 Å². The fourth-order valence-electron chi connectivity index (χ4n) is 3.95. The summed E-state index contributed by atoms with van der Waals surface area (Å²) in [7, 11) is 0. The summed E-state index contributed by atoms with van der Waals surface area (Å²) in [5.74, 6) is -5.81. The molecule has 0 aliphatic carbocycles. The Balaban J connectivity index is 1.99. The Labute approximate surface area is 236 Å². The van der Waals surface area contributed by atoms with Gasteiger partial charge >= 0.3 is 17.9 Å². The van der Waals surface area contributed by atoms with Crippen molar-refractivity contribution in [1.82, 2.24) is 5.32 Å². The maximum absolute atomic E-state index is 13.0. The van der Waals surface area contributed by atoms with Crippen molar-refractivity contribution in [2.24, 2.45) is 11.8 Å². The molecule has 3 unspecified atom stereocenters. The molecule has 0 aliphatic heterocycles. The van der Waals surface area contributed by atoms with Crippen LogP contribution in [0.5, 0.6) is 0 Å². The average Bonchev–Trinajstić information content (AvgIpc) is 2.91. The zero-order valence-corrected chi connectivity index (χ0v) is 23.1. The van der Waals surface area contributed by atoms with Crippen LogP contribution in [-0.4, -0.2) is 68.5 Å². The second-order valence-electron chi connectivity index (χ2n) is 9.52. The molecule has 10 nitrogen and oxygen atoms in total. The standard InChI is InChI=1S/C29H35NO9S/c1-20(19-40(38)14-8-13-26(32)33)28(36)30-24(17-27(34)35)25(31)18-39-29(37)23(15-21-9-4-2-5-10-21)16-22-11-6-3-7-12-22/h2-7,9-12,20,23-24H,8,13-19H2,1H3,(H,30,36)(H,32,33)(H,34,35). The first-order valence-corrected chi connectivity index (χ1v) is 14.4. The predicted octanol–water partition coefficient (Wildman–Crippen LogP) is 2.41. The van der Waals surface area contributed by atoms with E-state index < -0.39 is 71.7 Å². The van der Waals surface area contributed by atoms with Crippen LogP contribution in [0.4, 0.5) is 0 Å². The van der Waals surface area contributed by atoms with E-state index in [0.29, 0.717) is 12.8 Å². The summed E-state index contributed by atoms with van der Waals surface area (Å²) in [5.41, 5.74) is 1.83. The lowest BCUT2D eigenvalue weighted by molar-refractivity contribution is -0.153. The van der Waals surface area contributed by atoms with Gasteiger partial charge in [-0.1, -0.05) is 71.8 Å². The number of carbonyl (C=O) groups is 5. The maximum atomic E-state index is 13.0. The number of rotatable bonds is 18.